The van der Waals surface area contributed by atoms with Crippen molar-refractivity contribution in [3.05, 3.63) is 22.7 Å². The molecule has 0 radical (unpaired) electrons. The van der Waals surface area contributed by atoms with Crippen molar-refractivity contribution in [3.8, 4) is 5.75 Å². The molecule has 0 unspecified atom stereocenters. The topological polar surface area (TPSA) is 73.9 Å². The molecule has 1 fully saturated rings. The summed E-state index contributed by atoms with van der Waals surface area (Å²) < 4.78 is 5.25. The fourth-order valence-corrected chi connectivity index (χ4v) is 2.52. The van der Waals surface area contributed by atoms with E-state index in [1.54, 1.807) is 6.07 Å². The van der Waals surface area contributed by atoms with E-state index in [0.717, 1.165) is 26.2 Å². The molecule has 1 aromatic rings. The van der Waals surface area contributed by atoms with Crippen molar-refractivity contribution in [2.75, 3.05) is 45.7 Å². The summed E-state index contributed by atoms with van der Waals surface area (Å²) in [5.74, 6) is -0.184. The Labute approximate surface area is 140 Å². The van der Waals surface area contributed by atoms with Gasteiger partial charge in [0.25, 0.3) is 5.91 Å². The number of nitrogens with one attached hydrogen (secondary N) is 2. The largest absolute Gasteiger partial charge is 0.496 e. The van der Waals surface area contributed by atoms with Gasteiger partial charge in [-0.25, -0.2) is 5.01 Å². The lowest BCUT2D eigenvalue weighted by Gasteiger charge is -2.32. The van der Waals surface area contributed by atoms with Crippen molar-refractivity contribution >= 4 is 29.1 Å². The molecule has 8 heteroatoms. The number of rotatable bonds is 4. The van der Waals surface area contributed by atoms with Crippen LogP contribution in [0.2, 0.25) is 5.02 Å². The molecule has 1 aliphatic rings. The monoisotopic (exact) mass is 340 g/mol. The molecule has 1 aliphatic heterocycles. The Hall–Kier alpha value is -1.83. The van der Waals surface area contributed by atoms with Gasteiger partial charge in [0, 0.05) is 39.2 Å². The highest BCUT2D eigenvalue weighted by molar-refractivity contribution is 6.34. The number of nitrogens with zero attached hydrogens (tertiary/aromatic N) is 2. The molecule has 2 N–H and O–H groups in total. The standard InChI is InChI=1S/C15H21ClN4O3/c1-10(21)17-13-9-14(23-3)11(8-12(13)16)15(22)18-20-6-4-19(2)5-7-20/h8-9H,4-7H2,1-3H3,(H,17,21)(H,18,22). The summed E-state index contributed by atoms with van der Waals surface area (Å²) in [6.45, 7) is 4.67. The molecule has 126 valence electrons. The molecule has 0 bridgehead atoms. The summed E-state index contributed by atoms with van der Waals surface area (Å²) in [5, 5.41) is 4.76. The van der Waals surface area contributed by atoms with Gasteiger partial charge >= 0.3 is 0 Å². The van der Waals surface area contributed by atoms with Crippen LogP contribution in [0.25, 0.3) is 0 Å². The van der Waals surface area contributed by atoms with Crippen molar-refractivity contribution in [1.29, 1.82) is 0 Å². The highest BCUT2D eigenvalue weighted by Crippen LogP contribution is 2.31. The van der Waals surface area contributed by atoms with Gasteiger partial charge in [0.1, 0.15) is 5.75 Å². The number of piperazine rings is 1. The van der Waals surface area contributed by atoms with Crippen LogP contribution in [0.1, 0.15) is 17.3 Å². The van der Waals surface area contributed by atoms with Crippen LogP contribution in [0.4, 0.5) is 5.69 Å². The lowest BCUT2D eigenvalue weighted by Crippen LogP contribution is -2.52. The van der Waals surface area contributed by atoms with Crippen molar-refractivity contribution in [2.45, 2.75) is 6.92 Å². The highest BCUT2D eigenvalue weighted by Gasteiger charge is 2.20. The quantitative estimate of drug-likeness (QED) is 0.861. The van der Waals surface area contributed by atoms with Crippen LogP contribution in [0.15, 0.2) is 12.1 Å². The molecule has 1 heterocycles. The molecule has 0 spiro atoms. The lowest BCUT2D eigenvalue weighted by molar-refractivity contribution is -0.114. The van der Waals surface area contributed by atoms with Gasteiger partial charge in [0.05, 0.1) is 23.4 Å². The fourth-order valence-electron chi connectivity index (χ4n) is 2.31. The Morgan fingerprint density at radius 2 is 1.87 bits per heavy atom. The summed E-state index contributed by atoms with van der Waals surface area (Å²) in [6.07, 6.45) is 0. The second-order valence-corrected chi connectivity index (χ2v) is 5.85. The van der Waals surface area contributed by atoms with E-state index in [0.29, 0.717) is 17.0 Å². The number of hydrogen-bond donors (Lipinski definition) is 2. The molecule has 1 aromatic carbocycles. The van der Waals surface area contributed by atoms with E-state index < -0.39 is 0 Å². The number of carbonyl (C=O) groups is 2. The van der Waals surface area contributed by atoms with Gasteiger partial charge in [-0.2, -0.15) is 0 Å². The number of benzene rings is 1. The van der Waals surface area contributed by atoms with Crippen LogP contribution < -0.4 is 15.5 Å². The minimum atomic E-state index is -0.289. The van der Waals surface area contributed by atoms with Gasteiger partial charge in [-0.05, 0) is 13.1 Å². The molecule has 7 nitrogen and oxygen atoms in total. The van der Waals surface area contributed by atoms with E-state index in [1.165, 1.54) is 20.1 Å². The Morgan fingerprint density at radius 1 is 1.22 bits per heavy atom. The number of methoxy groups -OCH3 is 1. The van der Waals surface area contributed by atoms with E-state index in [-0.39, 0.29) is 16.8 Å². The van der Waals surface area contributed by atoms with Gasteiger partial charge < -0.3 is 15.0 Å². The third-order valence-electron chi connectivity index (χ3n) is 3.61. The van der Waals surface area contributed by atoms with Crippen LogP contribution in [0.5, 0.6) is 5.75 Å². The number of likely N-dealkylation sites (N-methyl/N-ethyl adjacent to an activating group) is 1. The van der Waals surface area contributed by atoms with Crippen LogP contribution in [0.3, 0.4) is 0 Å². The zero-order chi connectivity index (χ0) is 17.0. The highest BCUT2D eigenvalue weighted by atomic mass is 35.5. The fraction of sp³-hybridized carbons (Fsp3) is 0.467. The number of hydrazine groups is 1. The summed E-state index contributed by atoms with van der Waals surface area (Å²) >= 11 is 6.14. The van der Waals surface area contributed by atoms with E-state index >= 15 is 0 Å². The Kier molecular flexibility index (Phi) is 5.81. The van der Waals surface area contributed by atoms with E-state index in [4.69, 9.17) is 16.3 Å². The van der Waals surface area contributed by atoms with Gasteiger partial charge in [0.15, 0.2) is 0 Å². The maximum atomic E-state index is 12.5. The van der Waals surface area contributed by atoms with Crippen molar-refractivity contribution in [2.24, 2.45) is 0 Å². The zero-order valence-electron chi connectivity index (χ0n) is 13.5. The predicted octanol–water partition coefficient (Wildman–Crippen LogP) is 1.20. The molecular formula is C15H21ClN4O3. The average molecular weight is 341 g/mol. The Bertz CT molecular complexity index is 601. The summed E-state index contributed by atoms with van der Waals surface area (Å²) in [7, 11) is 3.51. The second kappa shape index (κ2) is 7.63. The molecule has 2 rings (SSSR count). The summed E-state index contributed by atoms with van der Waals surface area (Å²) in [6, 6.07) is 3.04. The lowest BCUT2D eigenvalue weighted by atomic mass is 10.1. The van der Waals surface area contributed by atoms with Crippen LogP contribution in [-0.2, 0) is 4.79 Å². The molecule has 0 saturated carbocycles. The van der Waals surface area contributed by atoms with Gasteiger partial charge in [-0.1, -0.05) is 11.6 Å². The average Bonchev–Trinajstić information content (AvgIpc) is 2.50. The molecule has 0 aliphatic carbocycles. The van der Waals surface area contributed by atoms with Crippen LogP contribution in [0, 0.1) is 0 Å². The first-order chi connectivity index (χ1) is 10.9. The van der Waals surface area contributed by atoms with Gasteiger partial charge in [0.2, 0.25) is 5.91 Å². The Balaban J connectivity index is 2.15. The molecule has 0 atom stereocenters. The van der Waals surface area contributed by atoms with Gasteiger partial charge in [-0.15, -0.1) is 0 Å². The van der Waals surface area contributed by atoms with Crippen molar-refractivity contribution in [1.82, 2.24) is 15.3 Å². The summed E-state index contributed by atoms with van der Waals surface area (Å²) in [4.78, 5) is 25.8. The van der Waals surface area contributed by atoms with Crippen molar-refractivity contribution in [3.63, 3.8) is 0 Å². The van der Waals surface area contributed by atoms with Crippen molar-refractivity contribution < 1.29 is 14.3 Å². The normalized spacial score (nSPS) is 16.0. The molecular weight excluding hydrogens is 320 g/mol. The zero-order valence-corrected chi connectivity index (χ0v) is 14.2. The number of ether oxygens (including phenoxy) is 1. The maximum Gasteiger partial charge on any atom is 0.269 e. The van der Waals surface area contributed by atoms with E-state index in [9.17, 15) is 9.59 Å². The SMILES string of the molecule is COc1cc(NC(C)=O)c(Cl)cc1C(=O)NN1CCN(C)CC1. The third kappa shape index (κ3) is 4.57. The minimum absolute atomic E-state index is 0.247. The van der Waals surface area contributed by atoms with Crippen LogP contribution in [-0.4, -0.2) is 62.1 Å². The smallest absolute Gasteiger partial charge is 0.269 e. The first kappa shape index (κ1) is 17.5. The maximum absolute atomic E-state index is 12.5. The molecule has 1 saturated heterocycles. The van der Waals surface area contributed by atoms with E-state index in [1.807, 2.05) is 12.1 Å². The number of hydrogen-bond acceptors (Lipinski definition) is 5. The minimum Gasteiger partial charge on any atom is -0.496 e. The summed E-state index contributed by atoms with van der Waals surface area (Å²) in [5.41, 5.74) is 3.59. The van der Waals surface area contributed by atoms with Gasteiger partial charge in [-0.3, -0.25) is 15.0 Å². The van der Waals surface area contributed by atoms with E-state index in [2.05, 4.69) is 15.6 Å². The van der Waals surface area contributed by atoms with Crippen LogP contribution >= 0.6 is 11.6 Å². The number of carbonyl (C=O) groups excluding carboxylic acids is 2. The molecule has 0 aromatic heterocycles. The number of anilines is 1. The number of halogens is 1. The second-order valence-electron chi connectivity index (χ2n) is 5.44. The predicted molar refractivity (Wildman–Crippen MR) is 88.8 cm³/mol. The third-order valence-corrected chi connectivity index (χ3v) is 3.92. The Morgan fingerprint density at radius 3 is 2.43 bits per heavy atom. The molecule has 23 heavy (non-hydrogen) atoms. The number of amides is 2. The first-order valence-electron chi connectivity index (χ1n) is 7.30. The molecule has 2 amide bonds. The first-order valence-corrected chi connectivity index (χ1v) is 7.68.